The molecule has 0 aliphatic carbocycles. The number of hydrogen-bond donors (Lipinski definition) is 1. The van der Waals surface area contributed by atoms with Crippen molar-refractivity contribution in [1.82, 2.24) is 4.90 Å². The molecule has 2 amide bonds. The van der Waals surface area contributed by atoms with Crippen LogP contribution in [0.1, 0.15) is 38.8 Å². The zero-order valence-electron chi connectivity index (χ0n) is 18.5. The fourth-order valence-corrected chi connectivity index (χ4v) is 2.69. The lowest BCUT2D eigenvalue weighted by Crippen LogP contribution is -2.36. The molecule has 6 nitrogen and oxygen atoms in total. The first-order valence-electron chi connectivity index (χ1n) is 10.0. The second-order valence-electron chi connectivity index (χ2n) is 8.01. The van der Waals surface area contributed by atoms with E-state index >= 15 is 0 Å². The summed E-state index contributed by atoms with van der Waals surface area (Å²) < 4.78 is 48.6. The lowest BCUT2D eigenvalue weighted by molar-refractivity contribution is -0.137. The number of para-hydroxylation sites is 1. The molecule has 0 radical (unpaired) electrons. The van der Waals surface area contributed by atoms with Gasteiger partial charge in [-0.15, -0.1) is 0 Å². The Morgan fingerprint density at radius 3 is 2.19 bits per heavy atom. The van der Waals surface area contributed by atoms with E-state index in [0.29, 0.717) is 17.8 Å². The van der Waals surface area contributed by atoms with Gasteiger partial charge in [0.1, 0.15) is 11.4 Å². The molecule has 174 valence electrons. The van der Waals surface area contributed by atoms with E-state index in [1.807, 2.05) is 6.92 Å². The van der Waals surface area contributed by atoms with Gasteiger partial charge in [0.15, 0.2) is 6.61 Å². The van der Waals surface area contributed by atoms with Gasteiger partial charge in [0.05, 0.1) is 12.1 Å². The Morgan fingerprint density at radius 2 is 1.62 bits per heavy atom. The number of nitrogens with zero attached hydrogens (tertiary/aromatic N) is 1. The van der Waals surface area contributed by atoms with Crippen LogP contribution in [0.4, 0.5) is 23.7 Å². The van der Waals surface area contributed by atoms with Crippen LogP contribution >= 0.6 is 0 Å². The molecule has 0 aliphatic heterocycles. The average molecular weight is 452 g/mol. The number of nitrogens with one attached hydrogen (secondary N) is 1. The summed E-state index contributed by atoms with van der Waals surface area (Å²) in [6, 6.07) is 11.1. The predicted molar refractivity (Wildman–Crippen MR) is 114 cm³/mol. The Balaban J connectivity index is 1.99. The Hall–Kier alpha value is -3.23. The van der Waals surface area contributed by atoms with Crippen LogP contribution in [0.5, 0.6) is 5.75 Å². The van der Waals surface area contributed by atoms with Crippen molar-refractivity contribution in [1.29, 1.82) is 0 Å². The maximum atomic E-state index is 12.6. The van der Waals surface area contributed by atoms with Gasteiger partial charge in [-0.1, -0.05) is 18.2 Å². The van der Waals surface area contributed by atoms with Crippen LogP contribution in [0.2, 0.25) is 0 Å². The van der Waals surface area contributed by atoms with Crippen molar-refractivity contribution < 1.29 is 32.2 Å². The highest BCUT2D eigenvalue weighted by molar-refractivity contribution is 5.92. The van der Waals surface area contributed by atoms with Crippen molar-refractivity contribution in [3.8, 4) is 5.75 Å². The summed E-state index contributed by atoms with van der Waals surface area (Å²) in [7, 11) is 0. The van der Waals surface area contributed by atoms with Crippen molar-refractivity contribution in [3.63, 3.8) is 0 Å². The third-order valence-corrected chi connectivity index (χ3v) is 4.24. The predicted octanol–water partition coefficient (Wildman–Crippen LogP) is 5.48. The fraction of sp³-hybridized carbons (Fsp3) is 0.391. The summed E-state index contributed by atoms with van der Waals surface area (Å²) in [5.41, 5.74) is -0.235. The zero-order chi connectivity index (χ0) is 23.9. The molecule has 2 aromatic carbocycles. The quantitative estimate of drug-likeness (QED) is 0.604. The van der Waals surface area contributed by atoms with Crippen molar-refractivity contribution in [3.05, 3.63) is 59.7 Å². The van der Waals surface area contributed by atoms with Crippen LogP contribution in [0.15, 0.2) is 48.5 Å². The Morgan fingerprint density at radius 1 is 1.00 bits per heavy atom. The highest BCUT2D eigenvalue weighted by Gasteiger charge is 2.30. The van der Waals surface area contributed by atoms with E-state index in [1.165, 1.54) is 4.90 Å². The molecule has 0 saturated carbocycles. The number of ether oxygens (including phenoxy) is 2. The number of anilines is 1. The first kappa shape index (κ1) is 25.0. The maximum absolute atomic E-state index is 12.6. The van der Waals surface area contributed by atoms with E-state index < -0.39 is 29.3 Å². The number of benzene rings is 2. The number of halogens is 3. The molecule has 0 bridgehead atoms. The Kier molecular flexibility index (Phi) is 8.13. The van der Waals surface area contributed by atoms with Gasteiger partial charge in [0, 0.05) is 12.2 Å². The highest BCUT2D eigenvalue weighted by atomic mass is 19.4. The standard InChI is InChI=1S/C23H27F3N2O4/c1-5-28(21(30)32-22(2,3)4)14-16-8-6-7-9-19(16)27-20(29)15-31-18-12-10-17(11-13-18)23(24,25)26/h6-13H,5,14-15H2,1-4H3,(H,27,29). The molecule has 0 spiro atoms. The lowest BCUT2D eigenvalue weighted by atomic mass is 10.1. The summed E-state index contributed by atoms with van der Waals surface area (Å²) in [5.74, 6) is -0.346. The number of rotatable bonds is 7. The van der Waals surface area contributed by atoms with Crippen LogP contribution in [0.3, 0.4) is 0 Å². The lowest BCUT2D eigenvalue weighted by Gasteiger charge is -2.27. The fourth-order valence-electron chi connectivity index (χ4n) is 2.69. The number of hydrogen-bond acceptors (Lipinski definition) is 4. The van der Waals surface area contributed by atoms with E-state index in [1.54, 1.807) is 45.0 Å². The number of carbonyl (C=O) groups is 2. The molecule has 0 saturated heterocycles. The third kappa shape index (κ3) is 7.79. The number of carbonyl (C=O) groups excluding carboxylic acids is 2. The molecule has 0 aliphatic rings. The van der Waals surface area contributed by atoms with Gasteiger partial charge in [-0.25, -0.2) is 4.79 Å². The van der Waals surface area contributed by atoms with Gasteiger partial charge < -0.3 is 19.7 Å². The highest BCUT2D eigenvalue weighted by Crippen LogP contribution is 2.30. The SMILES string of the molecule is CCN(Cc1ccccc1NC(=O)COc1ccc(C(F)(F)F)cc1)C(=O)OC(C)(C)C. The topological polar surface area (TPSA) is 67.9 Å². The molecular weight excluding hydrogens is 425 g/mol. The summed E-state index contributed by atoms with van der Waals surface area (Å²) in [6.07, 6.45) is -4.91. The molecule has 2 rings (SSSR count). The summed E-state index contributed by atoms with van der Waals surface area (Å²) in [6.45, 7) is 7.42. The first-order chi connectivity index (χ1) is 14.9. The van der Waals surface area contributed by atoms with Gasteiger partial charge in [0.2, 0.25) is 0 Å². The Bertz CT molecular complexity index is 922. The molecule has 32 heavy (non-hydrogen) atoms. The summed E-state index contributed by atoms with van der Waals surface area (Å²) in [4.78, 5) is 26.2. The number of amides is 2. The van der Waals surface area contributed by atoms with Crippen LogP contribution in [0.25, 0.3) is 0 Å². The van der Waals surface area contributed by atoms with Crippen LogP contribution < -0.4 is 10.1 Å². The second kappa shape index (κ2) is 10.4. The normalized spacial score (nSPS) is 11.6. The molecule has 0 aromatic heterocycles. The minimum atomic E-state index is -4.44. The van der Waals surface area contributed by atoms with E-state index in [-0.39, 0.29) is 18.9 Å². The minimum absolute atomic E-state index is 0.142. The summed E-state index contributed by atoms with van der Waals surface area (Å²) in [5, 5.41) is 2.71. The molecule has 0 unspecified atom stereocenters. The van der Waals surface area contributed by atoms with Gasteiger partial charge in [-0.2, -0.15) is 13.2 Å². The zero-order valence-corrected chi connectivity index (χ0v) is 18.5. The van der Waals surface area contributed by atoms with Gasteiger partial charge in [-0.3, -0.25) is 4.79 Å². The van der Waals surface area contributed by atoms with Gasteiger partial charge in [-0.05, 0) is 63.6 Å². The van der Waals surface area contributed by atoms with Crippen molar-refractivity contribution in [2.75, 3.05) is 18.5 Å². The van der Waals surface area contributed by atoms with Crippen LogP contribution in [-0.4, -0.2) is 35.7 Å². The smallest absolute Gasteiger partial charge is 0.416 e. The molecule has 0 fully saturated rings. The van der Waals surface area contributed by atoms with Crippen molar-refractivity contribution in [2.24, 2.45) is 0 Å². The Labute approximate surface area is 185 Å². The molecule has 9 heteroatoms. The summed E-state index contributed by atoms with van der Waals surface area (Å²) >= 11 is 0. The molecule has 0 heterocycles. The van der Waals surface area contributed by atoms with Crippen LogP contribution in [0, 0.1) is 0 Å². The van der Waals surface area contributed by atoms with E-state index in [9.17, 15) is 22.8 Å². The third-order valence-electron chi connectivity index (χ3n) is 4.24. The second-order valence-corrected chi connectivity index (χ2v) is 8.01. The monoisotopic (exact) mass is 452 g/mol. The molecule has 1 N–H and O–H groups in total. The molecule has 0 atom stereocenters. The molecular formula is C23H27F3N2O4. The van der Waals surface area contributed by atoms with E-state index in [0.717, 1.165) is 24.3 Å². The van der Waals surface area contributed by atoms with Gasteiger partial charge in [0.25, 0.3) is 5.91 Å². The van der Waals surface area contributed by atoms with E-state index in [4.69, 9.17) is 9.47 Å². The van der Waals surface area contributed by atoms with E-state index in [2.05, 4.69) is 5.32 Å². The average Bonchev–Trinajstić information content (AvgIpc) is 2.70. The number of alkyl halides is 3. The molecule has 2 aromatic rings. The van der Waals surface area contributed by atoms with Crippen molar-refractivity contribution >= 4 is 17.7 Å². The minimum Gasteiger partial charge on any atom is -0.484 e. The van der Waals surface area contributed by atoms with Crippen molar-refractivity contribution in [2.45, 2.75) is 46.0 Å². The largest absolute Gasteiger partial charge is 0.484 e. The van der Waals surface area contributed by atoms with Crippen LogP contribution in [-0.2, 0) is 22.3 Å². The van der Waals surface area contributed by atoms with Gasteiger partial charge >= 0.3 is 12.3 Å². The maximum Gasteiger partial charge on any atom is 0.416 e. The first-order valence-corrected chi connectivity index (χ1v) is 10.0.